The lowest BCUT2D eigenvalue weighted by Crippen LogP contribution is -2.50. The first-order valence-corrected chi connectivity index (χ1v) is 7.20. The van der Waals surface area contributed by atoms with E-state index in [1.165, 1.54) is 0 Å². The molecule has 0 unspecified atom stereocenters. The van der Waals surface area contributed by atoms with Crippen molar-refractivity contribution in [2.24, 2.45) is 0 Å². The van der Waals surface area contributed by atoms with Crippen LogP contribution in [0.5, 0.6) is 0 Å². The highest BCUT2D eigenvalue weighted by Crippen LogP contribution is 2.18. The molecule has 0 radical (unpaired) electrons. The topological polar surface area (TPSA) is 67.3 Å². The molecule has 2 saturated heterocycles. The Morgan fingerprint density at radius 3 is 2.95 bits per heavy atom. The lowest BCUT2D eigenvalue weighted by atomic mass is 10.0. The molecule has 0 spiro atoms. The number of hydrogen-bond acceptors (Lipinski definition) is 6. The van der Waals surface area contributed by atoms with Crippen molar-refractivity contribution < 1.29 is 9.53 Å². The average molecular weight is 276 g/mol. The first-order valence-electron chi connectivity index (χ1n) is 7.20. The van der Waals surface area contributed by atoms with Gasteiger partial charge in [-0.05, 0) is 31.9 Å². The van der Waals surface area contributed by atoms with Gasteiger partial charge in [0.1, 0.15) is 6.04 Å². The summed E-state index contributed by atoms with van der Waals surface area (Å²) < 4.78 is 4.99. The van der Waals surface area contributed by atoms with Gasteiger partial charge in [0.2, 0.25) is 0 Å². The highest BCUT2D eigenvalue weighted by molar-refractivity contribution is 5.77. The zero-order valence-electron chi connectivity index (χ0n) is 11.7. The van der Waals surface area contributed by atoms with E-state index < -0.39 is 0 Å². The third-order valence-electron chi connectivity index (χ3n) is 3.90. The van der Waals surface area contributed by atoms with Gasteiger partial charge in [0, 0.05) is 25.6 Å². The van der Waals surface area contributed by atoms with Crippen LogP contribution < -0.4 is 10.2 Å². The maximum atomic E-state index is 11.5. The monoisotopic (exact) mass is 276 g/mol. The molecule has 0 bridgehead atoms. The van der Waals surface area contributed by atoms with Crippen LogP contribution in [0.2, 0.25) is 0 Å². The van der Waals surface area contributed by atoms with E-state index >= 15 is 0 Å². The van der Waals surface area contributed by atoms with E-state index in [9.17, 15) is 4.79 Å². The molecular weight excluding hydrogens is 256 g/mol. The molecule has 1 aromatic heterocycles. The smallest absolute Gasteiger partial charge is 0.323 e. The third kappa shape index (κ3) is 2.90. The SMILES string of the molecule is Cc1ccc(N2CCC[C@H](N[C@H]3CCOC3=O)C2)nn1. The fourth-order valence-electron chi connectivity index (χ4n) is 2.81. The van der Waals surface area contributed by atoms with E-state index in [-0.39, 0.29) is 12.0 Å². The number of hydrogen-bond donors (Lipinski definition) is 1. The highest BCUT2D eigenvalue weighted by atomic mass is 16.5. The summed E-state index contributed by atoms with van der Waals surface area (Å²) in [7, 11) is 0. The lowest BCUT2D eigenvalue weighted by molar-refractivity contribution is -0.139. The molecule has 108 valence electrons. The van der Waals surface area contributed by atoms with Gasteiger partial charge in [-0.15, -0.1) is 5.10 Å². The number of carbonyl (C=O) groups is 1. The van der Waals surface area contributed by atoms with Gasteiger partial charge in [-0.1, -0.05) is 0 Å². The van der Waals surface area contributed by atoms with Crippen molar-refractivity contribution in [1.29, 1.82) is 0 Å². The molecule has 2 atom stereocenters. The summed E-state index contributed by atoms with van der Waals surface area (Å²) in [4.78, 5) is 13.7. The second-order valence-corrected chi connectivity index (χ2v) is 5.49. The number of piperidine rings is 1. The number of aromatic nitrogens is 2. The maximum Gasteiger partial charge on any atom is 0.323 e. The van der Waals surface area contributed by atoms with Gasteiger partial charge in [-0.25, -0.2) is 0 Å². The van der Waals surface area contributed by atoms with Gasteiger partial charge in [-0.2, -0.15) is 5.10 Å². The zero-order chi connectivity index (χ0) is 13.9. The van der Waals surface area contributed by atoms with Gasteiger partial charge < -0.3 is 9.64 Å². The fourth-order valence-corrected chi connectivity index (χ4v) is 2.81. The molecule has 20 heavy (non-hydrogen) atoms. The van der Waals surface area contributed by atoms with Crippen LogP contribution in [0.15, 0.2) is 12.1 Å². The number of carbonyl (C=O) groups excluding carboxylic acids is 1. The Labute approximate surface area is 118 Å². The van der Waals surface area contributed by atoms with Crippen LogP contribution in [-0.4, -0.2) is 47.9 Å². The molecule has 3 rings (SSSR count). The van der Waals surface area contributed by atoms with Crippen LogP contribution in [0.1, 0.15) is 25.0 Å². The largest absolute Gasteiger partial charge is 0.464 e. The molecule has 2 fully saturated rings. The number of cyclic esters (lactones) is 1. The maximum absolute atomic E-state index is 11.5. The van der Waals surface area contributed by atoms with Gasteiger partial charge in [0.25, 0.3) is 0 Å². The Balaban J connectivity index is 1.61. The second kappa shape index (κ2) is 5.75. The van der Waals surface area contributed by atoms with Crippen molar-refractivity contribution in [3.05, 3.63) is 17.8 Å². The van der Waals surface area contributed by atoms with Crippen molar-refractivity contribution in [2.45, 2.75) is 38.3 Å². The number of nitrogens with zero attached hydrogens (tertiary/aromatic N) is 3. The summed E-state index contributed by atoms with van der Waals surface area (Å²) in [6.07, 6.45) is 2.95. The van der Waals surface area contributed by atoms with Gasteiger partial charge >= 0.3 is 5.97 Å². The van der Waals surface area contributed by atoms with Crippen molar-refractivity contribution in [1.82, 2.24) is 15.5 Å². The standard InChI is InChI=1S/C14H20N4O2/c1-10-4-5-13(17-16-10)18-7-2-3-11(9-18)15-12-6-8-20-14(12)19/h4-5,11-12,15H,2-3,6-9H2,1H3/t11-,12-/m0/s1. The van der Waals surface area contributed by atoms with E-state index in [2.05, 4.69) is 20.4 Å². The summed E-state index contributed by atoms with van der Waals surface area (Å²) in [5.41, 5.74) is 0.925. The molecule has 1 N–H and O–H groups in total. The molecule has 6 nitrogen and oxygen atoms in total. The van der Waals surface area contributed by atoms with E-state index in [0.29, 0.717) is 12.6 Å². The van der Waals surface area contributed by atoms with Gasteiger partial charge in [-0.3, -0.25) is 10.1 Å². The highest BCUT2D eigenvalue weighted by Gasteiger charge is 2.30. The van der Waals surface area contributed by atoms with Crippen molar-refractivity contribution in [3.63, 3.8) is 0 Å². The molecule has 2 aliphatic rings. The molecule has 0 aromatic carbocycles. The minimum absolute atomic E-state index is 0.114. The number of esters is 1. The summed E-state index contributed by atoms with van der Waals surface area (Å²) >= 11 is 0. The fraction of sp³-hybridized carbons (Fsp3) is 0.643. The van der Waals surface area contributed by atoms with E-state index in [1.807, 2.05) is 19.1 Å². The van der Waals surface area contributed by atoms with Crippen LogP contribution in [0.25, 0.3) is 0 Å². The predicted octanol–water partition coefficient (Wildman–Crippen LogP) is 0.659. The van der Waals surface area contributed by atoms with Crippen molar-refractivity contribution >= 4 is 11.8 Å². The molecule has 1 aromatic rings. The predicted molar refractivity (Wildman–Crippen MR) is 74.5 cm³/mol. The minimum atomic E-state index is -0.135. The molecule has 6 heteroatoms. The number of nitrogens with one attached hydrogen (secondary N) is 1. The number of ether oxygens (including phenoxy) is 1. The Bertz CT molecular complexity index is 477. The lowest BCUT2D eigenvalue weighted by Gasteiger charge is -2.34. The van der Waals surface area contributed by atoms with Gasteiger partial charge in [0.05, 0.1) is 12.3 Å². The molecule has 0 aliphatic carbocycles. The summed E-state index contributed by atoms with van der Waals surface area (Å²) in [5, 5.41) is 11.8. The van der Waals surface area contributed by atoms with Crippen LogP contribution in [0.4, 0.5) is 5.82 Å². The molecule has 0 saturated carbocycles. The Morgan fingerprint density at radius 2 is 2.25 bits per heavy atom. The van der Waals surface area contributed by atoms with E-state index in [1.54, 1.807) is 0 Å². The number of aryl methyl sites for hydroxylation is 1. The Morgan fingerprint density at radius 1 is 1.35 bits per heavy atom. The summed E-state index contributed by atoms with van der Waals surface area (Å²) in [6, 6.07) is 4.16. The van der Waals surface area contributed by atoms with E-state index in [4.69, 9.17) is 4.74 Å². The first kappa shape index (κ1) is 13.3. The summed E-state index contributed by atoms with van der Waals surface area (Å²) in [5.74, 6) is 0.799. The Kier molecular flexibility index (Phi) is 3.82. The Hall–Kier alpha value is -1.69. The first-order chi connectivity index (χ1) is 9.72. The molecule has 0 amide bonds. The third-order valence-corrected chi connectivity index (χ3v) is 3.90. The van der Waals surface area contributed by atoms with Gasteiger partial charge in [0.15, 0.2) is 5.82 Å². The van der Waals surface area contributed by atoms with Crippen molar-refractivity contribution in [3.8, 4) is 0 Å². The minimum Gasteiger partial charge on any atom is -0.464 e. The van der Waals surface area contributed by atoms with Crippen molar-refractivity contribution in [2.75, 3.05) is 24.6 Å². The van der Waals surface area contributed by atoms with Crippen LogP contribution in [0, 0.1) is 6.92 Å². The number of anilines is 1. The van der Waals surface area contributed by atoms with E-state index in [0.717, 1.165) is 43.9 Å². The van der Waals surface area contributed by atoms with Crippen LogP contribution >= 0.6 is 0 Å². The second-order valence-electron chi connectivity index (χ2n) is 5.49. The molecule has 2 aliphatic heterocycles. The molecule has 3 heterocycles. The summed E-state index contributed by atoms with van der Waals surface area (Å²) in [6.45, 7) is 4.33. The quantitative estimate of drug-likeness (QED) is 0.818. The molecular formula is C14H20N4O2. The van der Waals surface area contributed by atoms with Crippen LogP contribution in [0.3, 0.4) is 0 Å². The normalized spacial score (nSPS) is 26.6. The van der Waals surface area contributed by atoms with Crippen LogP contribution in [-0.2, 0) is 9.53 Å². The zero-order valence-corrected chi connectivity index (χ0v) is 11.7. The average Bonchev–Trinajstić information content (AvgIpc) is 2.85. The number of rotatable bonds is 3.